The number of hydrogen-bond donors (Lipinski definition) is 2. The molecule has 3 rings (SSSR count). The SMILES string of the molecule is CNC(=O)C(NC(=O)c1occc1CSc1ccccc1)c1ccc(F)c(F)c1. The number of benzene rings is 2. The molecule has 2 amide bonds. The van der Waals surface area contributed by atoms with Gasteiger partial charge in [0.05, 0.1) is 6.26 Å². The smallest absolute Gasteiger partial charge is 0.288 e. The molecule has 0 spiro atoms. The third kappa shape index (κ3) is 5.03. The molecule has 0 radical (unpaired) electrons. The summed E-state index contributed by atoms with van der Waals surface area (Å²) in [5.41, 5.74) is 0.765. The molecule has 1 unspecified atom stereocenters. The second kappa shape index (κ2) is 9.38. The average Bonchev–Trinajstić information content (AvgIpc) is 3.21. The second-order valence-electron chi connectivity index (χ2n) is 6.07. The second-order valence-corrected chi connectivity index (χ2v) is 7.12. The van der Waals surface area contributed by atoms with E-state index < -0.39 is 29.5 Å². The van der Waals surface area contributed by atoms with Gasteiger partial charge in [0.1, 0.15) is 6.04 Å². The van der Waals surface area contributed by atoms with Gasteiger partial charge < -0.3 is 15.1 Å². The van der Waals surface area contributed by atoms with Crippen LogP contribution in [-0.2, 0) is 10.5 Å². The van der Waals surface area contributed by atoms with Crippen LogP contribution >= 0.6 is 11.8 Å². The number of thioether (sulfide) groups is 1. The standard InChI is InChI=1S/C21H18F2N2O3S/c1-24-20(26)18(13-7-8-16(22)17(23)11-13)25-21(27)19-14(9-10-28-19)12-29-15-5-3-2-4-6-15/h2-11,18H,12H2,1H3,(H,24,26)(H,25,27). The minimum absolute atomic E-state index is 0.0601. The molecule has 0 aliphatic rings. The normalized spacial score (nSPS) is 11.7. The van der Waals surface area contributed by atoms with Crippen molar-refractivity contribution in [3.05, 3.63) is 89.4 Å². The van der Waals surface area contributed by atoms with E-state index in [4.69, 9.17) is 4.42 Å². The van der Waals surface area contributed by atoms with Crippen LogP contribution in [0, 0.1) is 11.6 Å². The topological polar surface area (TPSA) is 71.3 Å². The van der Waals surface area contributed by atoms with Gasteiger partial charge >= 0.3 is 0 Å². The van der Waals surface area contributed by atoms with E-state index in [1.54, 1.807) is 6.07 Å². The lowest BCUT2D eigenvalue weighted by molar-refractivity contribution is -0.122. The van der Waals surface area contributed by atoms with Gasteiger partial charge in [0.2, 0.25) is 5.91 Å². The lowest BCUT2D eigenvalue weighted by atomic mass is 10.1. The fraction of sp³-hybridized carbons (Fsp3) is 0.143. The molecule has 5 nitrogen and oxygen atoms in total. The van der Waals surface area contributed by atoms with Crippen molar-refractivity contribution in [1.82, 2.24) is 10.6 Å². The van der Waals surface area contributed by atoms with Gasteiger partial charge in [-0.15, -0.1) is 11.8 Å². The molecule has 150 valence electrons. The minimum Gasteiger partial charge on any atom is -0.459 e. The number of hydrogen-bond acceptors (Lipinski definition) is 4. The Bertz CT molecular complexity index is 1010. The van der Waals surface area contributed by atoms with Crippen LogP contribution in [0.15, 0.2) is 70.2 Å². The Morgan fingerprint density at radius 1 is 1.07 bits per heavy atom. The van der Waals surface area contributed by atoms with Gasteiger partial charge in [-0.05, 0) is 35.9 Å². The van der Waals surface area contributed by atoms with Gasteiger partial charge in [0.15, 0.2) is 17.4 Å². The molecular weight excluding hydrogens is 398 g/mol. The van der Waals surface area contributed by atoms with E-state index in [0.717, 1.165) is 17.0 Å². The number of carbonyl (C=O) groups excluding carboxylic acids is 2. The summed E-state index contributed by atoms with van der Waals surface area (Å²) < 4.78 is 32.1. The number of amides is 2. The highest BCUT2D eigenvalue weighted by atomic mass is 32.2. The molecule has 2 aromatic carbocycles. The highest BCUT2D eigenvalue weighted by molar-refractivity contribution is 7.98. The molecule has 2 N–H and O–H groups in total. The van der Waals surface area contributed by atoms with Crippen LogP contribution in [0.3, 0.4) is 0 Å². The Labute approximate surface area is 170 Å². The Morgan fingerprint density at radius 2 is 1.83 bits per heavy atom. The Balaban J connectivity index is 1.77. The molecule has 0 fully saturated rings. The summed E-state index contributed by atoms with van der Waals surface area (Å²) in [6.45, 7) is 0. The predicted octanol–water partition coefficient (Wildman–Crippen LogP) is 4.07. The highest BCUT2D eigenvalue weighted by Crippen LogP contribution is 2.25. The maximum Gasteiger partial charge on any atom is 0.288 e. The van der Waals surface area contributed by atoms with E-state index in [0.29, 0.717) is 11.3 Å². The maximum absolute atomic E-state index is 13.6. The van der Waals surface area contributed by atoms with E-state index in [1.165, 1.54) is 31.1 Å². The summed E-state index contributed by atoms with van der Waals surface area (Å²) >= 11 is 1.53. The summed E-state index contributed by atoms with van der Waals surface area (Å²) in [5, 5.41) is 4.93. The number of nitrogens with one attached hydrogen (secondary N) is 2. The number of likely N-dealkylation sites (N-methyl/N-ethyl adjacent to an activating group) is 1. The molecule has 1 heterocycles. The number of carbonyl (C=O) groups is 2. The van der Waals surface area contributed by atoms with Crippen molar-refractivity contribution in [3.63, 3.8) is 0 Å². The minimum atomic E-state index is -1.21. The van der Waals surface area contributed by atoms with Crippen molar-refractivity contribution in [2.45, 2.75) is 16.7 Å². The fourth-order valence-corrected chi connectivity index (χ4v) is 3.56. The van der Waals surface area contributed by atoms with Gasteiger partial charge in [-0.1, -0.05) is 24.3 Å². The summed E-state index contributed by atoms with van der Waals surface area (Å²) in [5.74, 6) is -2.80. The van der Waals surface area contributed by atoms with Crippen LogP contribution < -0.4 is 10.6 Å². The first kappa shape index (κ1) is 20.6. The van der Waals surface area contributed by atoms with E-state index in [2.05, 4.69) is 10.6 Å². The quantitative estimate of drug-likeness (QED) is 0.570. The Kier molecular flexibility index (Phi) is 6.66. The van der Waals surface area contributed by atoms with Gasteiger partial charge in [-0.25, -0.2) is 8.78 Å². The van der Waals surface area contributed by atoms with Crippen molar-refractivity contribution in [2.24, 2.45) is 0 Å². The van der Waals surface area contributed by atoms with Crippen molar-refractivity contribution in [3.8, 4) is 0 Å². The molecule has 0 saturated carbocycles. The molecule has 0 aliphatic heterocycles. The summed E-state index contributed by atoms with van der Waals surface area (Å²) in [6.07, 6.45) is 1.39. The van der Waals surface area contributed by atoms with Crippen LogP contribution in [0.1, 0.15) is 27.7 Å². The number of rotatable bonds is 7. The molecule has 0 saturated heterocycles. The number of furan rings is 1. The molecule has 3 aromatic rings. The first-order chi connectivity index (χ1) is 14.0. The van der Waals surface area contributed by atoms with Crippen molar-refractivity contribution in [1.29, 1.82) is 0 Å². The Hall–Kier alpha value is -3.13. The molecule has 29 heavy (non-hydrogen) atoms. The van der Waals surface area contributed by atoms with Gasteiger partial charge in [0, 0.05) is 23.3 Å². The third-order valence-electron chi connectivity index (χ3n) is 4.15. The summed E-state index contributed by atoms with van der Waals surface area (Å²) in [4.78, 5) is 26.0. The molecule has 1 aromatic heterocycles. The highest BCUT2D eigenvalue weighted by Gasteiger charge is 2.26. The van der Waals surface area contributed by atoms with E-state index >= 15 is 0 Å². The zero-order valence-electron chi connectivity index (χ0n) is 15.4. The van der Waals surface area contributed by atoms with Gasteiger partial charge in [0.25, 0.3) is 5.91 Å². The van der Waals surface area contributed by atoms with Gasteiger partial charge in [-0.3, -0.25) is 9.59 Å². The largest absolute Gasteiger partial charge is 0.459 e. The molecule has 0 bridgehead atoms. The van der Waals surface area contributed by atoms with E-state index in [9.17, 15) is 18.4 Å². The summed E-state index contributed by atoms with van der Waals surface area (Å²) in [6, 6.07) is 13.2. The molecule has 8 heteroatoms. The van der Waals surface area contributed by atoms with E-state index in [1.807, 2.05) is 30.3 Å². The van der Waals surface area contributed by atoms with Gasteiger partial charge in [-0.2, -0.15) is 0 Å². The van der Waals surface area contributed by atoms with Crippen LogP contribution in [-0.4, -0.2) is 18.9 Å². The third-order valence-corrected chi connectivity index (χ3v) is 5.21. The van der Waals surface area contributed by atoms with Crippen LogP contribution in [0.5, 0.6) is 0 Å². The maximum atomic E-state index is 13.6. The van der Waals surface area contributed by atoms with Crippen molar-refractivity contribution < 1.29 is 22.8 Å². The average molecular weight is 416 g/mol. The molecule has 1 atom stereocenters. The molecular formula is C21H18F2N2O3S. The van der Waals surface area contributed by atoms with E-state index in [-0.39, 0.29) is 11.3 Å². The first-order valence-corrected chi connectivity index (χ1v) is 9.69. The predicted molar refractivity (Wildman–Crippen MR) is 105 cm³/mol. The zero-order valence-corrected chi connectivity index (χ0v) is 16.3. The number of halogens is 2. The lowest BCUT2D eigenvalue weighted by Gasteiger charge is -2.17. The fourth-order valence-electron chi connectivity index (χ4n) is 2.66. The lowest BCUT2D eigenvalue weighted by Crippen LogP contribution is -2.39. The summed E-state index contributed by atoms with van der Waals surface area (Å²) in [7, 11) is 1.39. The zero-order chi connectivity index (χ0) is 20.8. The Morgan fingerprint density at radius 3 is 2.52 bits per heavy atom. The van der Waals surface area contributed by atoms with Crippen molar-refractivity contribution >= 4 is 23.6 Å². The van der Waals surface area contributed by atoms with Crippen LogP contribution in [0.25, 0.3) is 0 Å². The van der Waals surface area contributed by atoms with Crippen molar-refractivity contribution in [2.75, 3.05) is 7.05 Å². The van der Waals surface area contributed by atoms with Crippen LogP contribution in [0.2, 0.25) is 0 Å². The first-order valence-electron chi connectivity index (χ1n) is 8.71. The van der Waals surface area contributed by atoms with Crippen LogP contribution in [0.4, 0.5) is 8.78 Å². The monoisotopic (exact) mass is 416 g/mol. The molecule has 0 aliphatic carbocycles.